The fraction of sp³-hybridized carbons (Fsp3) is 0.182. The summed E-state index contributed by atoms with van der Waals surface area (Å²) in [4.78, 5) is 12.6. The summed E-state index contributed by atoms with van der Waals surface area (Å²) >= 11 is 12.8. The Kier molecular flexibility index (Phi) is 7.63. The molecule has 0 amide bonds. The second kappa shape index (κ2) is 10.4. The molecule has 150 valence electrons. The molecule has 2 aromatic carbocycles. The number of thiocarbonyl (C=S) groups is 1. The van der Waals surface area contributed by atoms with Crippen LogP contribution in [0, 0.1) is 0 Å². The van der Waals surface area contributed by atoms with Crippen LogP contribution in [-0.4, -0.2) is 24.2 Å². The van der Waals surface area contributed by atoms with Crippen molar-refractivity contribution in [3.8, 4) is 11.1 Å². The third-order valence-corrected chi connectivity index (χ3v) is 5.59. The molecule has 0 fully saturated rings. The van der Waals surface area contributed by atoms with E-state index in [0.29, 0.717) is 33.9 Å². The molecule has 0 atom stereocenters. The molecule has 4 nitrogen and oxygen atoms in total. The molecule has 3 rings (SSSR count). The molecule has 0 saturated heterocycles. The molecule has 0 aliphatic carbocycles. The zero-order chi connectivity index (χ0) is 20.6. The van der Waals surface area contributed by atoms with Crippen LogP contribution in [0.4, 0.5) is 5.00 Å². The van der Waals surface area contributed by atoms with Crippen molar-refractivity contribution < 1.29 is 9.53 Å². The zero-order valence-electron chi connectivity index (χ0n) is 15.9. The lowest BCUT2D eigenvalue weighted by atomic mass is 10.0. The van der Waals surface area contributed by atoms with Gasteiger partial charge in [0.05, 0.1) is 6.61 Å². The number of ether oxygens (including phenoxy) is 1. The predicted octanol–water partition coefficient (Wildman–Crippen LogP) is 5.77. The smallest absolute Gasteiger partial charge is 0.341 e. The molecule has 3 aromatic rings. The third kappa shape index (κ3) is 5.79. The topological polar surface area (TPSA) is 50.4 Å². The largest absolute Gasteiger partial charge is 0.462 e. The highest BCUT2D eigenvalue weighted by Crippen LogP contribution is 2.36. The summed E-state index contributed by atoms with van der Waals surface area (Å²) in [6.45, 7) is 2.78. The van der Waals surface area contributed by atoms with Crippen LogP contribution in [0.3, 0.4) is 0 Å². The Morgan fingerprint density at radius 1 is 1.14 bits per heavy atom. The van der Waals surface area contributed by atoms with Crippen LogP contribution in [0.5, 0.6) is 0 Å². The number of hydrogen-bond acceptors (Lipinski definition) is 4. The number of carbonyl (C=O) groups is 1. The van der Waals surface area contributed by atoms with Gasteiger partial charge in [-0.05, 0) is 48.8 Å². The van der Waals surface area contributed by atoms with Crippen LogP contribution >= 0.6 is 35.2 Å². The molecule has 0 saturated carbocycles. The first-order valence-electron chi connectivity index (χ1n) is 9.21. The summed E-state index contributed by atoms with van der Waals surface area (Å²) < 4.78 is 5.27. The lowest BCUT2D eigenvalue weighted by Gasteiger charge is -2.12. The molecular weight excluding hydrogens is 424 g/mol. The second-order valence-corrected chi connectivity index (χ2v) is 7.92. The van der Waals surface area contributed by atoms with E-state index in [9.17, 15) is 4.79 Å². The van der Waals surface area contributed by atoms with Gasteiger partial charge in [-0.15, -0.1) is 11.3 Å². The maximum atomic E-state index is 12.6. The molecule has 0 radical (unpaired) electrons. The normalized spacial score (nSPS) is 10.4. The fourth-order valence-electron chi connectivity index (χ4n) is 2.81. The van der Waals surface area contributed by atoms with Gasteiger partial charge >= 0.3 is 5.97 Å². The number of nitrogens with one attached hydrogen (secondary N) is 2. The van der Waals surface area contributed by atoms with Crippen LogP contribution in [-0.2, 0) is 11.2 Å². The van der Waals surface area contributed by atoms with E-state index in [1.807, 2.05) is 35.7 Å². The van der Waals surface area contributed by atoms with Crippen molar-refractivity contribution in [2.75, 3.05) is 18.5 Å². The van der Waals surface area contributed by atoms with Crippen LogP contribution in [0.15, 0.2) is 60.0 Å². The maximum absolute atomic E-state index is 12.6. The Labute approximate surface area is 184 Å². The van der Waals surface area contributed by atoms with E-state index in [2.05, 4.69) is 22.8 Å². The van der Waals surface area contributed by atoms with Gasteiger partial charge in [0, 0.05) is 22.5 Å². The number of hydrogen-bond donors (Lipinski definition) is 2. The molecule has 29 heavy (non-hydrogen) atoms. The Morgan fingerprint density at radius 2 is 1.86 bits per heavy atom. The molecule has 0 bridgehead atoms. The van der Waals surface area contributed by atoms with Gasteiger partial charge in [-0.25, -0.2) is 4.79 Å². The SMILES string of the molecule is CCOC(=O)c1c(-c2ccc(Cl)cc2)csc1NC(=S)NCCc1ccccc1. The first-order valence-corrected chi connectivity index (χ1v) is 10.9. The Morgan fingerprint density at radius 3 is 2.55 bits per heavy atom. The highest BCUT2D eigenvalue weighted by atomic mass is 35.5. The molecule has 0 aliphatic rings. The molecule has 7 heteroatoms. The highest BCUT2D eigenvalue weighted by molar-refractivity contribution is 7.80. The average molecular weight is 445 g/mol. The van der Waals surface area contributed by atoms with Crippen LogP contribution < -0.4 is 10.6 Å². The number of carbonyl (C=O) groups excluding carboxylic acids is 1. The van der Waals surface area contributed by atoms with Gasteiger partial charge in [0.25, 0.3) is 0 Å². The van der Waals surface area contributed by atoms with Gasteiger partial charge in [0.15, 0.2) is 5.11 Å². The van der Waals surface area contributed by atoms with Crippen LogP contribution in [0.2, 0.25) is 5.02 Å². The van der Waals surface area contributed by atoms with Crippen molar-refractivity contribution in [3.05, 3.63) is 76.1 Å². The molecule has 1 aromatic heterocycles. The van der Waals surface area contributed by atoms with E-state index >= 15 is 0 Å². The average Bonchev–Trinajstić information content (AvgIpc) is 3.13. The van der Waals surface area contributed by atoms with Crippen LogP contribution in [0.25, 0.3) is 11.1 Å². The maximum Gasteiger partial charge on any atom is 0.341 e. The fourth-order valence-corrected chi connectivity index (χ4v) is 4.17. The Hall–Kier alpha value is -2.41. The minimum Gasteiger partial charge on any atom is -0.462 e. The van der Waals surface area contributed by atoms with Crippen LogP contribution in [0.1, 0.15) is 22.8 Å². The number of thiophene rings is 1. The summed E-state index contributed by atoms with van der Waals surface area (Å²) in [5.74, 6) is -0.381. The number of rotatable bonds is 7. The van der Waals surface area contributed by atoms with Crippen molar-refractivity contribution in [3.63, 3.8) is 0 Å². The molecule has 0 spiro atoms. The minimum atomic E-state index is -0.381. The van der Waals surface area contributed by atoms with E-state index in [1.54, 1.807) is 19.1 Å². The Bertz CT molecular complexity index is 972. The summed E-state index contributed by atoms with van der Waals surface area (Å²) in [5.41, 5.74) is 3.40. The number of benzene rings is 2. The molecule has 1 heterocycles. The zero-order valence-corrected chi connectivity index (χ0v) is 18.3. The van der Waals surface area contributed by atoms with Gasteiger partial charge < -0.3 is 15.4 Å². The minimum absolute atomic E-state index is 0.300. The van der Waals surface area contributed by atoms with Crippen molar-refractivity contribution in [1.29, 1.82) is 0 Å². The summed E-state index contributed by atoms with van der Waals surface area (Å²) in [7, 11) is 0. The van der Waals surface area contributed by atoms with E-state index < -0.39 is 0 Å². The number of esters is 1. The van der Waals surface area contributed by atoms with E-state index in [1.165, 1.54) is 16.9 Å². The van der Waals surface area contributed by atoms with Crippen molar-refractivity contribution >= 4 is 51.2 Å². The van der Waals surface area contributed by atoms with Gasteiger partial charge in [0.1, 0.15) is 10.6 Å². The van der Waals surface area contributed by atoms with Gasteiger partial charge in [-0.3, -0.25) is 0 Å². The second-order valence-electron chi connectivity index (χ2n) is 6.20. The molecule has 0 aliphatic heterocycles. The van der Waals surface area contributed by atoms with Gasteiger partial charge in [-0.2, -0.15) is 0 Å². The molecule has 2 N–H and O–H groups in total. The lowest BCUT2D eigenvalue weighted by molar-refractivity contribution is 0.0529. The van der Waals surface area contributed by atoms with Gasteiger partial charge in [-0.1, -0.05) is 54.1 Å². The lowest BCUT2D eigenvalue weighted by Crippen LogP contribution is -2.30. The predicted molar refractivity (Wildman–Crippen MR) is 125 cm³/mol. The third-order valence-electron chi connectivity index (χ3n) is 4.19. The van der Waals surface area contributed by atoms with E-state index in [0.717, 1.165) is 17.5 Å². The monoisotopic (exact) mass is 444 g/mol. The van der Waals surface area contributed by atoms with E-state index in [-0.39, 0.29) is 5.97 Å². The van der Waals surface area contributed by atoms with Gasteiger partial charge in [0.2, 0.25) is 0 Å². The highest BCUT2D eigenvalue weighted by Gasteiger charge is 2.22. The number of halogens is 1. The van der Waals surface area contributed by atoms with E-state index in [4.69, 9.17) is 28.6 Å². The number of anilines is 1. The standard InChI is InChI=1S/C22H21ClN2O2S2/c1-2-27-21(26)19-18(16-8-10-17(23)11-9-16)14-29-20(19)25-22(28)24-13-12-15-6-4-3-5-7-15/h3-11,14H,2,12-13H2,1H3,(H2,24,25,28). The first kappa shape index (κ1) is 21.3. The van der Waals surface area contributed by atoms with Crippen molar-refractivity contribution in [2.24, 2.45) is 0 Å². The molecule has 0 unspecified atom stereocenters. The summed E-state index contributed by atoms with van der Waals surface area (Å²) in [5, 5.41) is 10.0. The quantitative estimate of drug-likeness (QED) is 0.357. The Balaban J connectivity index is 1.73. The first-order chi connectivity index (χ1) is 14.1. The van der Waals surface area contributed by atoms with Crippen molar-refractivity contribution in [2.45, 2.75) is 13.3 Å². The molecular formula is C22H21ClN2O2S2. The van der Waals surface area contributed by atoms with Crippen molar-refractivity contribution in [1.82, 2.24) is 5.32 Å². The summed E-state index contributed by atoms with van der Waals surface area (Å²) in [6.07, 6.45) is 0.855. The summed E-state index contributed by atoms with van der Waals surface area (Å²) in [6, 6.07) is 17.5.